The molecule has 1 aromatic heterocycles. The van der Waals surface area contributed by atoms with Crippen molar-refractivity contribution in [3.05, 3.63) is 91.6 Å². The first-order valence-electron chi connectivity index (χ1n) is 8.17. The molecule has 0 spiro atoms. The van der Waals surface area contributed by atoms with Crippen molar-refractivity contribution in [2.45, 2.75) is 13.5 Å². The number of nitrogens with zero attached hydrogens (tertiary/aromatic N) is 4. The Hall–Kier alpha value is -4.08. The molecule has 142 valence electrons. The summed E-state index contributed by atoms with van der Waals surface area (Å²) in [5, 5.41) is 28.8. The summed E-state index contributed by atoms with van der Waals surface area (Å²) in [6.07, 6.45) is 0. The number of nitro groups is 2. The minimum atomic E-state index is -0.789. The molecule has 0 atom stereocenters. The zero-order valence-corrected chi connectivity index (χ0v) is 14.7. The van der Waals surface area contributed by atoms with E-state index in [1.807, 2.05) is 37.3 Å². The lowest BCUT2D eigenvalue weighted by atomic mass is 10.1. The number of carbonyl (C=O) groups is 1. The number of benzene rings is 2. The number of aromatic nitrogens is 2. The van der Waals surface area contributed by atoms with Gasteiger partial charge < -0.3 is 5.32 Å². The number of amides is 1. The number of nitro benzene ring substituents is 2. The smallest absolute Gasteiger partial charge is 0.277 e. The standard InChI is InChI=1S/C18H15N5O5/c1-12-7-17(20-21(12)11-13-5-3-2-4-6-13)19-18(24)14-8-15(22(25)26)10-16(9-14)23(27)28/h2-10H,11H2,1H3,(H,19,20,24). The van der Waals surface area contributed by atoms with Gasteiger partial charge in [-0.25, -0.2) is 0 Å². The second-order valence-corrected chi connectivity index (χ2v) is 6.02. The Labute approximate surface area is 158 Å². The second-order valence-electron chi connectivity index (χ2n) is 6.02. The molecule has 3 rings (SSSR count). The third-order valence-electron chi connectivity index (χ3n) is 3.98. The van der Waals surface area contributed by atoms with Crippen LogP contribution in [0.1, 0.15) is 21.6 Å². The minimum Gasteiger partial charge on any atom is -0.305 e. The summed E-state index contributed by atoms with van der Waals surface area (Å²) in [5.74, 6) is -0.483. The van der Waals surface area contributed by atoms with E-state index in [0.717, 1.165) is 29.5 Å². The van der Waals surface area contributed by atoms with E-state index in [-0.39, 0.29) is 11.4 Å². The molecule has 28 heavy (non-hydrogen) atoms. The van der Waals surface area contributed by atoms with Gasteiger partial charge in [-0.15, -0.1) is 0 Å². The van der Waals surface area contributed by atoms with Gasteiger partial charge in [-0.05, 0) is 12.5 Å². The summed E-state index contributed by atoms with van der Waals surface area (Å²) < 4.78 is 1.70. The second kappa shape index (κ2) is 7.66. The topological polar surface area (TPSA) is 133 Å². The van der Waals surface area contributed by atoms with Gasteiger partial charge in [0.1, 0.15) is 0 Å². The fraction of sp³-hybridized carbons (Fsp3) is 0.111. The van der Waals surface area contributed by atoms with E-state index in [0.29, 0.717) is 6.54 Å². The van der Waals surface area contributed by atoms with Gasteiger partial charge in [-0.3, -0.25) is 29.7 Å². The molecule has 0 saturated heterocycles. The van der Waals surface area contributed by atoms with Crippen molar-refractivity contribution in [2.24, 2.45) is 0 Å². The Morgan fingerprint density at radius 1 is 1.04 bits per heavy atom. The molecule has 0 aliphatic heterocycles. The highest BCUT2D eigenvalue weighted by Gasteiger charge is 2.20. The summed E-state index contributed by atoms with van der Waals surface area (Å²) >= 11 is 0. The molecule has 3 aromatic rings. The van der Waals surface area contributed by atoms with Crippen molar-refractivity contribution >= 4 is 23.1 Å². The van der Waals surface area contributed by atoms with Crippen LogP contribution in [-0.2, 0) is 6.54 Å². The molecule has 0 aliphatic carbocycles. The predicted molar refractivity (Wildman–Crippen MR) is 100 cm³/mol. The molecule has 0 unspecified atom stereocenters. The van der Waals surface area contributed by atoms with Crippen molar-refractivity contribution in [3.8, 4) is 0 Å². The van der Waals surface area contributed by atoms with E-state index in [9.17, 15) is 25.0 Å². The first-order chi connectivity index (χ1) is 13.3. The number of hydrogen-bond donors (Lipinski definition) is 1. The average molecular weight is 381 g/mol. The maximum Gasteiger partial charge on any atom is 0.277 e. The Kier molecular flexibility index (Phi) is 5.12. The van der Waals surface area contributed by atoms with Crippen LogP contribution in [0, 0.1) is 27.2 Å². The number of hydrogen-bond acceptors (Lipinski definition) is 6. The predicted octanol–water partition coefficient (Wildman–Crippen LogP) is 3.31. The Morgan fingerprint density at radius 2 is 1.64 bits per heavy atom. The van der Waals surface area contributed by atoms with E-state index in [1.54, 1.807) is 10.7 Å². The van der Waals surface area contributed by atoms with Crippen molar-refractivity contribution in [2.75, 3.05) is 5.32 Å². The first-order valence-corrected chi connectivity index (χ1v) is 8.17. The van der Waals surface area contributed by atoms with Crippen LogP contribution in [0.5, 0.6) is 0 Å². The van der Waals surface area contributed by atoms with Gasteiger partial charge >= 0.3 is 0 Å². The van der Waals surface area contributed by atoms with Gasteiger partial charge in [0.2, 0.25) is 0 Å². The van der Waals surface area contributed by atoms with Crippen LogP contribution in [0.3, 0.4) is 0 Å². The van der Waals surface area contributed by atoms with E-state index in [2.05, 4.69) is 10.4 Å². The highest BCUT2D eigenvalue weighted by Crippen LogP contribution is 2.23. The summed E-state index contributed by atoms with van der Waals surface area (Å²) in [4.78, 5) is 32.8. The molecule has 0 radical (unpaired) electrons. The summed E-state index contributed by atoms with van der Waals surface area (Å²) in [7, 11) is 0. The molecule has 1 amide bonds. The average Bonchev–Trinajstić information content (AvgIpc) is 3.00. The third-order valence-corrected chi connectivity index (χ3v) is 3.98. The summed E-state index contributed by atoms with van der Waals surface area (Å²) in [6, 6.07) is 14.0. The van der Waals surface area contributed by atoms with Gasteiger partial charge in [-0.2, -0.15) is 5.10 Å². The number of nitrogens with one attached hydrogen (secondary N) is 1. The number of rotatable bonds is 6. The number of non-ortho nitro benzene ring substituents is 2. The highest BCUT2D eigenvalue weighted by molar-refractivity contribution is 6.04. The largest absolute Gasteiger partial charge is 0.305 e. The fourth-order valence-electron chi connectivity index (χ4n) is 2.61. The van der Waals surface area contributed by atoms with Gasteiger partial charge in [0, 0.05) is 23.9 Å². The molecule has 0 aliphatic rings. The number of aryl methyl sites for hydroxylation is 1. The van der Waals surface area contributed by atoms with Crippen LogP contribution in [-0.4, -0.2) is 25.5 Å². The van der Waals surface area contributed by atoms with Crippen molar-refractivity contribution in [1.82, 2.24) is 9.78 Å². The van der Waals surface area contributed by atoms with Gasteiger partial charge in [0.15, 0.2) is 5.82 Å². The first kappa shape index (κ1) is 18.7. The SMILES string of the molecule is Cc1cc(NC(=O)c2cc([N+](=O)[O-])cc([N+](=O)[O-])c2)nn1Cc1ccccc1. The molecular weight excluding hydrogens is 366 g/mol. The lowest BCUT2D eigenvalue weighted by Gasteiger charge is -2.04. The quantitative estimate of drug-likeness (QED) is 0.514. The lowest BCUT2D eigenvalue weighted by molar-refractivity contribution is -0.394. The van der Waals surface area contributed by atoms with Crippen LogP contribution in [0.25, 0.3) is 0 Å². The fourth-order valence-corrected chi connectivity index (χ4v) is 2.61. The molecule has 0 fully saturated rings. The monoisotopic (exact) mass is 381 g/mol. The summed E-state index contributed by atoms with van der Waals surface area (Å²) in [5.41, 5.74) is 0.552. The normalized spacial score (nSPS) is 10.5. The van der Waals surface area contributed by atoms with Crippen molar-refractivity contribution < 1.29 is 14.6 Å². The molecule has 0 bridgehead atoms. The molecule has 1 N–H and O–H groups in total. The molecule has 1 heterocycles. The Morgan fingerprint density at radius 3 is 2.21 bits per heavy atom. The molecule has 0 saturated carbocycles. The van der Waals surface area contributed by atoms with Gasteiger partial charge in [0.25, 0.3) is 17.3 Å². The molecule has 10 nitrogen and oxygen atoms in total. The zero-order valence-electron chi connectivity index (χ0n) is 14.7. The van der Waals surface area contributed by atoms with Crippen LogP contribution in [0.4, 0.5) is 17.2 Å². The number of anilines is 1. The van der Waals surface area contributed by atoms with Crippen LogP contribution < -0.4 is 5.32 Å². The van der Waals surface area contributed by atoms with Crippen molar-refractivity contribution in [3.63, 3.8) is 0 Å². The minimum absolute atomic E-state index is 0.198. The molecular formula is C18H15N5O5. The van der Waals surface area contributed by atoms with Crippen LogP contribution >= 0.6 is 0 Å². The van der Waals surface area contributed by atoms with E-state index >= 15 is 0 Å². The zero-order chi connectivity index (χ0) is 20.3. The molecule has 10 heteroatoms. The van der Waals surface area contributed by atoms with E-state index in [1.165, 1.54) is 0 Å². The highest BCUT2D eigenvalue weighted by atomic mass is 16.6. The van der Waals surface area contributed by atoms with Crippen LogP contribution in [0.2, 0.25) is 0 Å². The van der Waals surface area contributed by atoms with E-state index < -0.39 is 27.1 Å². The number of carbonyl (C=O) groups excluding carboxylic acids is 1. The lowest BCUT2D eigenvalue weighted by Crippen LogP contribution is -2.13. The summed E-state index contributed by atoms with van der Waals surface area (Å²) in [6.45, 7) is 2.33. The van der Waals surface area contributed by atoms with Gasteiger partial charge in [-0.1, -0.05) is 30.3 Å². The Bertz CT molecular complexity index is 1030. The van der Waals surface area contributed by atoms with Crippen molar-refractivity contribution in [1.29, 1.82) is 0 Å². The molecule has 2 aromatic carbocycles. The van der Waals surface area contributed by atoms with Crippen LogP contribution in [0.15, 0.2) is 54.6 Å². The van der Waals surface area contributed by atoms with Gasteiger partial charge in [0.05, 0.1) is 28.0 Å². The Balaban J connectivity index is 1.82. The maximum absolute atomic E-state index is 12.4. The maximum atomic E-state index is 12.4. The van der Waals surface area contributed by atoms with E-state index in [4.69, 9.17) is 0 Å². The third kappa shape index (κ3) is 4.18.